The SMILES string of the molecule is Cc1nn(-c2ccc(Br)cc2)c2sc(C(=O)N3CCN(Cc4ccc(Cl)cc4)CC3)cc12. The number of fused-ring (bicyclic) bond motifs is 1. The number of rotatable bonds is 4. The predicted octanol–water partition coefficient (Wildman–Crippen LogP) is 5.77. The van der Waals surface area contributed by atoms with Crippen molar-refractivity contribution in [2.75, 3.05) is 26.2 Å². The van der Waals surface area contributed by atoms with Crippen LogP contribution in [0.15, 0.2) is 59.1 Å². The van der Waals surface area contributed by atoms with Gasteiger partial charge in [0.2, 0.25) is 0 Å². The van der Waals surface area contributed by atoms with Crippen molar-refractivity contribution >= 4 is 55.0 Å². The third kappa shape index (κ3) is 4.35. The van der Waals surface area contributed by atoms with E-state index in [1.165, 1.54) is 16.9 Å². The maximum absolute atomic E-state index is 13.2. The largest absolute Gasteiger partial charge is 0.335 e. The molecule has 5 nitrogen and oxygen atoms in total. The van der Waals surface area contributed by atoms with E-state index in [0.29, 0.717) is 0 Å². The Kier molecular flexibility index (Phi) is 6.07. The van der Waals surface area contributed by atoms with Crippen LogP contribution in [0.1, 0.15) is 20.9 Å². The number of hydrogen-bond donors (Lipinski definition) is 0. The smallest absolute Gasteiger partial charge is 0.264 e. The van der Waals surface area contributed by atoms with E-state index < -0.39 is 0 Å². The van der Waals surface area contributed by atoms with Gasteiger partial charge in [0.15, 0.2) is 0 Å². The summed E-state index contributed by atoms with van der Waals surface area (Å²) < 4.78 is 2.96. The van der Waals surface area contributed by atoms with Gasteiger partial charge in [-0.3, -0.25) is 9.69 Å². The van der Waals surface area contributed by atoms with E-state index in [0.717, 1.165) is 68.7 Å². The summed E-state index contributed by atoms with van der Waals surface area (Å²) in [5.74, 6) is 0.110. The van der Waals surface area contributed by atoms with E-state index in [4.69, 9.17) is 11.6 Å². The Morgan fingerprint density at radius 3 is 2.44 bits per heavy atom. The van der Waals surface area contributed by atoms with Crippen molar-refractivity contribution in [2.45, 2.75) is 13.5 Å². The molecule has 2 aromatic carbocycles. The van der Waals surface area contributed by atoms with Crippen LogP contribution in [0.5, 0.6) is 0 Å². The molecule has 0 unspecified atom stereocenters. The minimum Gasteiger partial charge on any atom is -0.335 e. The second kappa shape index (κ2) is 8.98. The molecule has 0 atom stereocenters. The summed E-state index contributed by atoms with van der Waals surface area (Å²) in [4.78, 5) is 19.4. The molecule has 2 aromatic heterocycles. The maximum Gasteiger partial charge on any atom is 0.264 e. The molecule has 0 radical (unpaired) electrons. The lowest BCUT2D eigenvalue weighted by atomic mass is 10.2. The van der Waals surface area contributed by atoms with Crippen molar-refractivity contribution in [3.63, 3.8) is 0 Å². The highest BCUT2D eigenvalue weighted by Crippen LogP contribution is 2.31. The van der Waals surface area contributed by atoms with E-state index in [9.17, 15) is 4.79 Å². The molecule has 1 fully saturated rings. The molecule has 0 aliphatic carbocycles. The molecule has 4 aromatic rings. The Morgan fingerprint density at radius 1 is 1.06 bits per heavy atom. The van der Waals surface area contributed by atoms with Crippen molar-refractivity contribution in [1.82, 2.24) is 19.6 Å². The molecule has 1 saturated heterocycles. The van der Waals surface area contributed by atoms with Gasteiger partial charge < -0.3 is 4.90 Å². The van der Waals surface area contributed by atoms with Crippen LogP contribution in [0.3, 0.4) is 0 Å². The monoisotopic (exact) mass is 528 g/mol. The van der Waals surface area contributed by atoms with Crippen molar-refractivity contribution in [3.05, 3.63) is 80.2 Å². The van der Waals surface area contributed by atoms with E-state index in [-0.39, 0.29) is 5.91 Å². The first-order valence-electron chi connectivity index (χ1n) is 10.5. The van der Waals surface area contributed by atoms with Crippen molar-refractivity contribution in [3.8, 4) is 5.69 Å². The molecule has 5 rings (SSSR count). The highest BCUT2D eigenvalue weighted by Gasteiger charge is 2.25. The van der Waals surface area contributed by atoms with Gasteiger partial charge in [-0.05, 0) is 55.0 Å². The number of nitrogens with zero attached hydrogens (tertiary/aromatic N) is 4. The molecular formula is C24H22BrClN4OS. The minimum atomic E-state index is 0.110. The molecule has 8 heteroatoms. The van der Waals surface area contributed by atoms with Crippen LogP contribution in [0.4, 0.5) is 0 Å². The summed E-state index contributed by atoms with van der Waals surface area (Å²) in [6.07, 6.45) is 0. The summed E-state index contributed by atoms with van der Waals surface area (Å²) in [7, 11) is 0. The fourth-order valence-corrected chi connectivity index (χ4v) is 5.56. The molecule has 1 aliphatic rings. The van der Waals surface area contributed by atoms with Crippen LogP contribution in [-0.2, 0) is 6.54 Å². The van der Waals surface area contributed by atoms with Crippen molar-refractivity contribution < 1.29 is 4.79 Å². The van der Waals surface area contributed by atoms with E-state index in [1.54, 1.807) is 0 Å². The second-order valence-electron chi connectivity index (χ2n) is 8.00. The van der Waals surface area contributed by atoms with Crippen molar-refractivity contribution in [1.29, 1.82) is 0 Å². The number of benzene rings is 2. The van der Waals surface area contributed by atoms with Gasteiger partial charge in [0.05, 0.1) is 16.3 Å². The molecule has 0 saturated carbocycles. The van der Waals surface area contributed by atoms with Gasteiger partial charge in [-0.2, -0.15) is 5.10 Å². The molecule has 0 bridgehead atoms. The van der Waals surface area contributed by atoms with Gasteiger partial charge >= 0.3 is 0 Å². The lowest BCUT2D eigenvalue weighted by Crippen LogP contribution is -2.48. The van der Waals surface area contributed by atoms with Gasteiger partial charge in [0.1, 0.15) is 4.83 Å². The first kappa shape index (κ1) is 21.6. The zero-order valence-electron chi connectivity index (χ0n) is 17.6. The van der Waals surface area contributed by atoms with E-state index in [2.05, 4.69) is 38.1 Å². The highest BCUT2D eigenvalue weighted by molar-refractivity contribution is 9.10. The normalized spacial score (nSPS) is 14.9. The standard InChI is InChI=1S/C24H22BrClN4OS/c1-16-21-14-22(32-24(21)30(27-16)20-8-4-18(25)5-9-20)23(31)29-12-10-28(11-13-29)15-17-2-6-19(26)7-3-17/h2-9,14H,10-13,15H2,1H3. The van der Waals surface area contributed by atoms with Crippen LogP contribution >= 0.6 is 38.9 Å². The maximum atomic E-state index is 13.2. The lowest BCUT2D eigenvalue weighted by molar-refractivity contribution is 0.0633. The average Bonchev–Trinajstić information content (AvgIpc) is 3.37. The Morgan fingerprint density at radius 2 is 1.75 bits per heavy atom. The predicted molar refractivity (Wildman–Crippen MR) is 134 cm³/mol. The number of piperazine rings is 1. The summed E-state index contributed by atoms with van der Waals surface area (Å²) in [5.41, 5.74) is 3.17. The molecule has 32 heavy (non-hydrogen) atoms. The number of amides is 1. The fraction of sp³-hybridized carbons (Fsp3) is 0.250. The Bertz CT molecular complexity index is 1260. The van der Waals surface area contributed by atoms with Gasteiger partial charge in [-0.1, -0.05) is 39.7 Å². The number of thiophene rings is 1. The van der Waals surface area contributed by atoms with Crippen molar-refractivity contribution in [2.24, 2.45) is 0 Å². The third-order valence-electron chi connectivity index (χ3n) is 5.81. The Balaban J connectivity index is 1.29. The van der Waals surface area contributed by atoms with E-state index >= 15 is 0 Å². The number of aryl methyl sites for hydroxylation is 1. The number of aromatic nitrogens is 2. The number of carbonyl (C=O) groups excluding carboxylic acids is 1. The van der Waals surface area contributed by atoms with Crippen LogP contribution in [0, 0.1) is 6.92 Å². The summed E-state index contributed by atoms with van der Waals surface area (Å²) >= 11 is 11.0. The Hall–Kier alpha value is -2.19. The summed E-state index contributed by atoms with van der Waals surface area (Å²) in [6, 6.07) is 18.0. The van der Waals surface area contributed by atoms with Crippen LogP contribution < -0.4 is 0 Å². The quantitative estimate of drug-likeness (QED) is 0.337. The second-order valence-corrected chi connectivity index (χ2v) is 10.4. The lowest BCUT2D eigenvalue weighted by Gasteiger charge is -2.34. The molecule has 1 aliphatic heterocycles. The Labute approximate surface area is 204 Å². The van der Waals surface area contributed by atoms with Crippen LogP contribution in [0.25, 0.3) is 15.9 Å². The molecule has 1 amide bonds. The number of carbonyl (C=O) groups is 1. The zero-order chi connectivity index (χ0) is 22.2. The number of hydrogen-bond acceptors (Lipinski definition) is 4. The first-order valence-corrected chi connectivity index (χ1v) is 12.5. The fourth-order valence-electron chi connectivity index (χ4n) is 4.02. The third-order valence-corrected chi connectivity index (χ3v) is 7.68. The first-order chi connectivity index (χ1) is 15.5. The highest BCUT2D eigenvalue weighted by atomic mass is 79.9. The average molecular weight is 530 g/mol. The summed E-state index contributed by atoms with van der Waals surface area (Å²) in [6.45, 7) is 6.07. The molecule has 164 valence electrons. The van der Waals surface area contributed by atoms with Gasteiger partial charge in [-0.25, -0.2) is 4.68 Å². The van der Waals surface area contributed by atoms with Gasteiger partial charge in [0.25, 0.3) is 5.91 Å². The summed E-state index contributed by atoms with van der Waals surface area (Å²) in [5, 5.41) is 6.49. The molecule has 0 spiro atoms. The molecular weight excluding hydrogens is 508 g/mol. The minimum absolute atomic E-state index is 0.110. The van der Waals surface area contributed by atoms with Crippen LogP contribution in [0.2, 0.25) is 5.02 Å². The number of halogens is 2. The van der Waals surface area contributed by atoms with Gasteiger partial charge in [-0.15, -0.1) is 11.3 Å². The molecule has 3 heterocycles. The van der Waals surface area contributed by atoms with Crippen LogP contribution in [-0.4, -0.2) is 51.7 Å². The van der Waals surface area contributed by atoms with Gasteiger partial charge in [0, 0.05) is 47.6 Å². The topological polar surface area (TPSA) is 41.4 Å². The zero-order valence-corrected chi connectivity index (χ0v) is 20.8. The molecule has 0 N–H and O–H groups in total. The van der Waals surface area contributed by atoms with E-state index in [1.807, 2.05) is 59.0 Å².